The first-order valence-electron chi connectivity index (χ1n) is 11.3. The highest BCUT2D eigenvalue weighted by Crippen LogP contribution is 2.38. The smallest absolute Gasteiger partial charge is 0.333 e. The number of hydrogen-bond acceptors (Lipinski definition) is 7. The summed E-state index contributed by atoms with van der Waals surface area (Å²) in [4.78, 5) is 26.6. The van der Waals surface area contributed by atoms with E-state index in [0.29, 0.717) is 0 Å². The zero-order valence-corrected chi connectivity index (χ0v) is 19.8. The molecule has 1 aromatic heterocycles. The van der Waals surface area contributed by atoms with Gasteiger partial charge in [-0.05, 0) is 60.8 Å². The molecule has 0 fully saturated rings. The molecule has 0 unspecified atom stereocenters. The number of nitrogens with one attached hydrogen (secondary N) is 2. The molecule has 0 aliphatic heterocycles. The minimum atomic E-state index is -4.36. The van der Waals surface area contributed by atoms with Crippen LogP contribution in [0.5, 0.6) is 0 Å². The van der Waals surface area contributed by atoms with E-state index in [0.717, 1.165) is 66.1 Å². The van der Waals surface area contributed by atoms with Crippen molar-refractivity contribution in [2.45, 2.75) is 43.6 Å². The molecule has 1 aromatic carbocycles. The first kappa shape index (κ1) is 24.2. The van der Waals surface area contributed by atoms with E-state index in [4.69, 9.17) is 10.2 Å². The Bertz CT molecular complexity index is 1180. The normalized spacial score (nSPS) is 14.6. The van der Waals surface area contributed by atoms with Crippen LogP contribution >= 0.6 is 0 Å². The zero-order chi connectivity index (χ0) is 24.5. The molecule has 0 saturated heterocycles. The molecule has 0 spiro atoms. The molecule has 2 aromatic rings. The van der Waals surface area contributed by atoms with E-state index in [1.165, 1.54) is 23.1 Å². The molecule has 184 valence electrons. The van der Waals surface area contributed by atoms with Gasteiger partial charge in [0, 0.05) is 31.9 Å². The van der Waals surface area contributed by atoms with Crippen LogP contribution in [0.2, 0.25) is 0 Å². The minimum absolute atomic E-state index is 0.0287. The topological polar surface area (TPSA) is 154 Å². The molecule has 11 nitrogen and oxygen atoms in total. The van der Waals surface area contributed by atoms with Gasteiger partial charge in [0.15, 0.2) is 5.03 Å². The third-order valence-corrected chi connectivity index (χ3v) is 7.52. The van der Waals surface area contributed by atoms with E-state index in [1.54, 1.807) is 0 Å². The van der Waals surface area contributed by atoms with Crippen molar-refractivity contribution in [1.29, 1.82) is 0 Å². The molecule has 0 bridgehead atoms. The Kier molecular flexibility index (Phi) is 6.91. The number of aryl methyl sites for hydroxylation is 3. The molecule has 4 rings (SSSR count). The van der Waals surface area contributed by atoms with Gasteiger partial charge in [0.2, 0.25) is 0 Å². The fourth-order valence-electron chi connectivity index (χ4n) is 4.77. The minimum Gasteiger partial charge on any atom is -0.395 e. The number of carbonyl (C=O) groups excluding carboxylic acids is 2. The standard InChI is InChI=1S/C22H29N5O6S/c1-26-18(21(30)27(8-10-28)9-11-29)13-19(24-26)34(32,33)25-22(31)23-20-16-6-2-4-14(16)12-15-5-3-7-17(15)20/h12-13,28-29H,2-11H2,1H3,(H2,23,25,31). The van der Waals surface area contributed by atoms with Crippen molar-refractivity contribution in [1.82, 2.24) is 19.4 Å². The van der Waals surface area contributed by atoms with Gasteiger partial charge in [-0.3, -0.25) is 9.48 Å². The van der Waals surface area contributed by atoms with Crippen molar-refractivity contribution in [2.75, 3.05) is 31.6 Å². The number of aliphatic hydroxyl groups excluding tert-OH is 2. The first-order valence-corrected chi connectivity index (χ1v) is 12.8. The SMILES string of the molecule is Cn1nc(S(=O)(=O)NC(=O)Nc2c3c(cc4c2CCC4)CCC3)cc1C(=O)N(CCO)CCO. The van der Waals surface area contributed by atoms with Crippen molar-refractivity contribution in [2.24, 2.45) is 7.05 Å². The molecule has 2 aliphatic rings. The molecule has 0 atom stereocenters. The third-order valence-electron chi connectivity index (χ3n) is 6.32. The summed E-state index contributed by atoms with van der Waals surface area (Å²) < 4.78 is 28.8. The van der Waals surface area contributed by atoms with Crippen molar-refractivity contribution in [3.8, 4) is 0 Å². The maximum absolute atomic E-state index is 12.9. The zero-order valence-electron chi connectivity index (χ0n) is 19.0. The molecule has 3 amide bonds. The Labute approximate surface area is 197 Å². The summed E-state index contributed by atoms with van der Waals surface area (Å²) >= 11 is 0. The number of fused-ring (bicyclic) bond motifs is 2. The maximum atomic E-state index is 12.9. The Balaban J connectivity index is 1.53. The summed E-state index contributed by atoms with van der Waals surface area (Å²) in [6.45, 7) is -0.690. The molecule has 2 aliphatic carbocycles. The van der Waals surface area contributed by atoms with Gasteiger partial charge in [0.25, 0.3) is 15.9 Å². The summed E-state index contributed by atoms with van der Waals surface area (Å²) in [5.74, 6) is -0.598. The lowest BCUT2D eigenvalue weighted by molar-refractivity contribution is 0.0674. The van der Waals surface area contributed by atoms with Crippen LogP contribution < -0.4 is 10.0 Å². The fraction of sp³-hybridized carbons (Fsp3) is 0.500. The second-order valence-electron chi connectivity index (χ2n) is 8.52. The Morgan fingerprint density at radius 2 is 1.62 bits per heavy atom. The predicted molar refractivity (Wildman–Crippen MR) is 123 cm³/mol. The second kappa shape index (κ2) is 9.72. The quantitative estimate of drug-likeness (QED) is 0.415. The van der Waals surface area contributed by atoms with Crippen LogP contribution in [0.15, 0.2) is 17.2 Å². The number of benzene rings is 1. The van der Waals surface area contributed by atoms with Crippen molar-refractivity contribution in [3.05, 3.63) is 40.1 Å². The van der Waals surface area contributed by atoms with E-state index >= 15 is 0 Å². The van der Waals surface area contributed by atoms with Crippen LogP contribution in [0.4, 0.5) is 10.5 Å². The fourth-order valence-corrected chi connectivity index (χ4v) is 5.67. The summed E-state index contributed by atoms with van der Waals surface area (Å²) in [5, 5.41) is 24.5. The van der Waals surface area contributed by atoms with Gasteiger partial charge in [-0.25, -0.2) is 9.52 Å². The monoisotopic (exact) mass is 491 g/mol. The van der Waals surface area contributed by atoms with Crippen LogP contribution in [-0.4, -0.2) is 71.6 Å². The molecule has 1 heterocycles. The number of nitrogens with zero attached hydrogens (tertiary/aromatic N) is 3. The lowest BCUT2D eigenvalue weighted by Crippen LogP contribution is -2.36. The first-order chi connectivity index (χ1) is 16.2. The number of sulfonamides is 1. The summed E-state index contributed by atoms with van der Waals surface area (Å²) in [5.41, 5.74) is 5.24. The lowest BCUT2D eigenvalue weighted by Gasteiger charge is -2.20. The van der Waals surface area contributed by atoms with Crippen LogP contribution in [0.3, 0.4) is 0 Å². The Morgan fingerprint density at radius 1 is 1.03 bits per heavy atom. The Hall–Kier alpha value is -2.96. The highest BCUT2D eigenvalue weighted by Gasteiger charge is 2.29. The van der Waals surface area contributed by atoms with Gasteiger partial charge < -0.3 is 20.4 Å². The molecule has 4 N–H and O–H groups in total. The molecular weight excluding hydrogens is 462 g/mol. The summed E-state index contributed by atoms with van der Waals surface area (Å²) in [6.07, 6.45) is 5.59. The summed E-state index contributed by atoms with van der Waals surface area (Å²) in [6, 6.07) is 2.40. The molecule has 0 radical (unpaired) electrons. The van der Waals surface area contributed by atoms with Crippen molar-refractivity contribution >= 4 is 27.6 Å². The lowest BCUT2D eigenvalue weighted by atomic mass is 9.99. The van der Waals surface area contributed by atoms with Crippen LogP contribution in [0, 0.1) is 0 Å². The number of urea groups is 1. The van der Waals surface area contributed by atoms with Gasteiger partial charge in [-0.1, -0.05) is 6.07 Å². The van der Waals surface area contributed by atoms with Crippen LogP contribution in [-0.2, 0) is 42.8 Å². The second-order valence-corrected chi connectivity index (χ2v) is 10.2. The number of amides is 3. The largest absolute Gasteiger partial charge is 0.395 e. The van der Waals surface area contributed by atoms with E-state index in [-0.39, 0.29) is 32.0 Å². The number of hydrogen-bond donors (Lipinski definition) is 4. The van der Waals surface area contributed by atoms with Gasteiger partial charge in [-0.15, -0.1) is 0 Å². The number of anilines is 1. The highest BCUT2D eigenvalue weighted by molar-refractivity contribution is 7.90. The van der Waals surface area contributed by atoms with Gasteiger partial charge in [0.05, 0.1) is 13.2 Å². The number of carbonyl (C=O) groups is 2. The van der Waals surface area contributed by atoms with Crippen LogP contribution in [0.1, 0.15) is 45.6 Å². The van der Waals surface area contributed by atoms with E-state index in [2.05, 4.69) is 16.5 Å². The van der Waals surface area contributed by atoms with Gasteiger partial charge in [0.1, 0.15) is 5.69 Å². The van der Waals surface area contributed by atoms with E-state index in [9.17, 15) is 18.0 Å². The third kappa shape index (κ3) is 4.65. The molecular formula is C22H29N5O6S. The molecule has 34 heavy (non-hydrogen) atoms. The van der Waals surface area contributed by atoms with Crippen molar-refractivity contribution < 1.29 is 28.2 Å². The van der Waals surface area contributed by atoms with Gasteiger partial charge >= 0.3 is 6.03 Å². The predicted octanol–water partition coefficient (Wildman–Crippen LogP) is 0.335. The van der Waals surface area contributed by atoms with Crippen molar-refractivity contribution in [3.63, 3.8) is 0 Å². The number of aliphatic hydroxyl groups is 2. The molecule has 12 heteroatoms. The Morgan fingerprint density at radius 3 is 2.18 bits per heavy atom. The average Bonchev–Trinajstić information content (AvgIpc) is 3.52. The number of aromatic nitrogens is 2. The molecule has 0 saturated carbocycles. The highest BCUT2D eigenvalue weighted by atomic mass is 32.2. The van der Waals surface area contributed by atoms with Gasteiger partial charge in [-0.2, -0.15) is 13.5 Å². The van der Waals surface area contributed by atoms with E-state index in [1.807, 2.05) is 4.72 Å². The van der Waals surface area contributed by atoms with Crippen LogP contribution in [0.25, 0.3) is 0 Å². The average molecular weight is 492 g/mol. The number of rotatable bonds is 8. The van der Waals surface area contributed by atoms with E-state index < -0.39 is 27.0 Å². The summed E-state index contributed by atoms with van der Waals surface area (Å²) in [7, 11) is -2.95. The maximum Gasteiger partial charge on any atom is 0.333 e.